The summed E-state index contributed by atoms with van der Waals surface area (Å²) in [4.78, 5) is 10.3. The number of hydrogen-bond donors (Lipinski definition) is 0. The van der Waals surface area contributed by atoms with Gasteiger partial charge in [-0.2, -0.15) is 0 Å². The lowest BCUT2D eigenvalue weighted by Crippen LogP contribution is -2.15. The molecule has 0 saturated carbocycles. The molecule has 0 atom stereocenters. The van der Waals surface area contributed by atoms with Crippen LogP contribution in [0, 0.1) is 0 Å². The van der Waals surface area contributed by atoms with Crippen LogP contribution in [0.3, 0.4) is 0 Å². The second-order valence-electron chi connectivity index (χ2n) is 12.2. The van der Waals surface area contributed by atoms with Crippen LogP contribution in [0.5, 0.6) is 0 Å². The predicted molar refractivity (Wildman–Crippen MR) is 180 cm³/mol. The fraction of sp³-hybridized carbons (Fsp3) is 0.0732. The largest absolute Gasteiger partial charge is 0.244 e. The number of hydrogen-bond acceptors (Lipinski definition) is 2. The van der Waals surface area contributed by atoms with Gasteiger partial charge in [-0.05, 0) is 72.8 Å². The number of benzene rings is 7. The van der Waals surface area contributed by atoms with Crippen molar-refractivity contribution in [2.45, 2.75) is 19.3 Å². The molecule has 0 aliphatic heterocycles. The van der Waals surface area contributed by atoms with Gasteiger partial charge in [-0.15, -0.1) is 0 Å². The van der Waals surface area contributed by atoms with Crippen molar-refractivity contribution >= 4 is 43.4 Å². The molecular formula is C41H28N2. The summed E-state index contributed by atoms with van der Waals surface area (Å²) in [5.41, 5.74) is 11.2. The van der Waals surface area contributed by atoms with Crippen molar-refractivity contribution in [2.75, 3.05) is 0 Å². The highest BCUT2D eigenvalue weighted by Gasteiger charge is 2.38. The van der Waals surface area contributed by atoms with E-state index in [0.717, 1.165) is 33.5 Å². The van der Waals surface area contributed by atoms with Gasteiger partial charge in [-0.1, -0.05) is 129 Å². The lowest BCUT2D eigenvalue weighted by molar-refractivity contribution is 0.666. The normalized spacial score (nSPS) is 13.5. The predicted octanol–water partition coefficient (Wildman–Crippen LogP) is 10.7. The van der Waals surface area contributed by atoms with Crippen LogP contribution in [-0.2, 0) is 5.41 Å². The zero-order valence-electron chi connectivity index (χ0n) is 24.1. The Balaban J connectivity index is 1.34. The standard InChI is InChI=1S/C41H28N2/c1-41(2)33-17-9-8-16-31(33)37-30-15-7-6-14-29(30)36-28-22-21-27(24-26(28)20-23-32(36)38(37)41)40-39(25-12-4-3-5-13-25)42-34-18-10-11-19-35(34)43-40/h3-24H,1-2H3. The Labute approximate surface area is 250 Å². The van der Waals surface area contributed by atoms with Gasteiger partial charge in [0.05, 0.1) is 22.4 Å². The monoisotopic (exact) mass is 548 g/mol. The molecule has 0 bridgehead atoms. The summed E-state index contributed by atoms with van der Waals surface area (Å²) in [6.07, 6.45) is 0. The minimum absolute atomic E-state index is 0.0902. The molecule has 0 N–H and O–H groups in total. The van der Waals surface area contributed by atoms with E-state index in [-0.39, 0.29) is 5.41 Å². The summed E-state index contributed by atoms with van der Waals surface area (Å²) < 4.78 is 0. The summed E-state index contributed by atoms with van der Waals surface area (Å²) in [6.45, 7) is 4.76. The van der Waals surface area contributed by atoms with Crippen molar-refractivity contribution in [3.05, 3.63) is 145 Å². The van der Waals surface area contributed by atoms with Crippen molar-refractivity contribution in [3.8, 4) is 33.6 Å². The Morgan fingerprint density at radius 2 is 1.12 bits per heavy atom. The molecule has 9 rings (SSSR count). The minimum atomic E-state index is -0.0902. The molecule has 43 heavy (non-hydrogen) atoms. The van der Waals surface area contributed by atoms with Gasteiger partial charge < -0.3 is 0 Å². The van der Waals surface area contributed by atoms with Crippen LogP contribution >= 0.6 is 0 Å². The molecule has 0 unspecified atom stereocenters. The smallest absolute Gasteiger partial charge is 0.0973 e. The first-order valence-corrected chi connectivity index (χ1v) is 14.9. The summed E-state index contributed by atoms with van der Waals surface area (Å²) in [5.74, 6) is 0. The average Bonchev–Trinajstić information content (AvgIpc) is 3.31. The van der Waals surface area contributed by atoms with E-state index in [4.69, 9.17) is 9.97 Å². The lowest BCUT2D eigenvalue weighted by Gasteiger charge is -2.24. The Morgan fingerprint density at radius 1 is 0.488 bits per heavy atom. The first-order chi connectivity index (χ1) is 21.1. The first kappa shape index (κ1) is 24.3. The van der Waals surface area contributed by atoms with E-state index in [0.29, 0.717) is 0 Å². The van der Waals surface area contributed by atoms with E-state index < -0.39 is 0 Å². The Bertz CT molecular complexity index is 2420. The Kier molecular flexibility index (Phi) is 4.99. The zero-order valence-corrected chi connectivity index (χ0v) is 24.1. The van der Waals surface area contributed by atoms with Crippen LogP contribution in [0.4, 0.5) is 0 Å². The van der Waals surface area contributed by atoms with E-state index in [1.807, 2.05) is 30.3 Å². The van der Waals surface area contributed by atoms with Gasteiger partial charge in [0.15, 0.2) is 0 Å². The summed E-state index contributed by atoms with van der Waals surface area (Å²) >= 11 is 0. The van der Waals surface area contributed by atoms with Crippen LogP contribution in [0.2, 0.25) is 0 Å². The van der Waals surface area contributed by atoms with Crippen LogP contribution < -0.4 is 0 Å². The maximum absolute atomic E-state index is 5.17. The lowest BCUT2D eigenvalue weighted by atomic mass is 9.78. The number of aromatic nitrogens is 2. The SMILES string of the molecule is CC1(C)c2ccccc2-c2c1c1ccc3cc(-c4nc5ccccc5nc4-c4ccccc4)ccc3c1c1ccccc21. The molecule has 1 heterocycles. The van der Waals surface area contributed by atoms with Gasteiger partial charge in [0.25, 0.3) is 0 Å². The third kappa shape index (κ3) is 3.41. The van der Waals surface area contributed by atoms with E-state index in [1.54, 1.807) is 0 Å². The van der Waals surface area contributed by atoms with Crippen molar-refractivity contribution < 1.29 is 0 Å². The summed E-state index contributed by atoms with van der Waals surface area (Å²) in [5, 5.41) is 7.76. The molecule has 1 aliphatic rings. The number of fused-ring (bicyclic) bond motifs is 11. The molecule has 0 radical (unpaired) electrons. The van der Waals surface area contributed by atoms with Crippen LogP contribution in [-0.4, -0.2) is 9.97 Å². The molecule has 1 aliphatic carbocycles. The van der Waals surface area contributed by atoms with Crippen molar-refractivity contribution in [3.63, 3.8) is 0 Å². The first-order valence-electron chi connectivity index (χ1n) is 14.9. The number of rotatable bonds is 2. The van der Waals surface area contributed by atoms with Crippen LogP contribution in [0.1, 0.15) is 25.0 Å². The maximum atomic E-state index is 5.17. The van der Waals surface area contributed by atoms with Gasteiger partial charge in [0.2, 0.25) is 0 Å². The average molecular weight is 549 g/mol. The molecule has 0 fully saturated rings. The Hall–Kier alpha value is -5.34. The van der Waals surface area contributed by atoms with Gasteiger partial charge in [0, 0.05) is 16.5 Å². The molecule has 0 saturated heterocycles. The minimum Gasteiger partial charge on any atom is -0.244 e. The van der Waals surface area contributed by atoms with Gasteiger partial charge in [-0.25, -0.2) is 9.97 Å². The quantitative estimate of drug-likeness (QED) is 0.201. The molecule has 1 aromatic heterocycles. The van der Waals surface area contributed by atoms with Crippen molar-refractivity contribution in [1.29, 1.82) is 0 Å². The third-order valence-electron chi connectivity index (χ3n) is 9.39. The summed E-state index contributed by atoms with van der Waals surface area (Å²) in [6, 6.07) is 47.9. The fourth-order valence-electron chi connectivity index (χ4n) is 7.47. The highest BCUT2D eigenvalue weighted by Crippen LogP contribution is 2.55. The highest BCUT2D eigenvalue weighted by atomic mass is 14.8. The second kappa shape index (κ2) is 8.83. The zero-order chi connectivity index (χ0) is 28.7. The molecule has 0 spiro atoms. The molecule has 7 aromatic carbocycles. The van der Waals surface area contributed by atoms with E-state index in [2.05, 4.69) is 117 Å². The van der Waals surface area contributed by atoms with Crippen LogP contribution in [0.15, 0.2) is 133 Å². The van der Waals surface area contributed by atoms with Gasteiger partial charge in [-0.3, -0.25) is 0 Å². The number of nitrogens with zero attached hydrogens (tertiary/aromatic N) is 2. The van der Waals surface area contributed by atoms with Crippen molar-refractivity contribution in [2.24, 2.45) is 0 Å². The number of para-hydroxylation sites is 2. The second-order valence-corrected chi connectivity index (χ2v) is 12.2. The molecular weight excluding hydrogens is 520 g/mol. The molecule has 2 heteroatoms. The van der Waals surface area contributed by atoms with Gasteiger partial charge in [0.1, 0.15) is 0 Å². The molecule has 2 nitrogen and oxygen atoms in total. The molecule has 202 valence electrons. The topological polar surface area (TPSA) is 25.8 Å². The summed E-state index contributed by atoms with van der Waals surface area (Å²) in [7, 11) is 0. The van der Waals surface area contributed by atoms with Gasteiger partial charge >= 0.3 is 0 Å². The maximum Gasteiger partial charge on any atom is 0.0973 e. The molecule has 8 aromatic rings. The van der Waals surface area contributed by atoms with E-state index >= 15 is 0 Å². The van der Waals surface area contributed by atoms with E-state index in [9.17, 15) is 0 Å². The highest BCUT2D eigenvalue weighted by molar-refractivity contribution is 6.26. The third-order valence-corrected chi connectivity index (χ3v) is 9.39. The van der Waals surface area contributed by atoms with Crippen LogP contribution in [0.25, 0.3) is 77.0 Å². The van der Waals surface area contributed by atoms with Crippen molar-refractivity contribution in [1.82, 2.24) is 9.97 Å². The fourth-order valence-corrected chi connectivity index (χ4v) is 7.47. The Morgan fingerprint density at radius 3 is 1.91 bits per heavy atom. The molecule has 0 amide bonds. The van der Waals surface area contributed by atoms with E-state index in [1.165, 1.54) is 54.6 Å².